The minimum Gasteiger partial charge on any atom is -0.479 e. The lowest BCUT2D eigenvalue weighted by Crippen LogP contribution is -2.10. The highest BCUT2D eigenvalue weighted by molar-refractivity contribution is 5.87. The van der Waals surface area contributed by atoms with E-state index in [-0.39, 0.29) is 34.3 Å². The molecule has 0 aliphatic rings. The van der Waals surface area contributed by atoms with E-state index in [2.05, 4.69) is 20.5 Å². The van der Waals surface area contributed by atoms with E-state index in [1.165, 1.54) is 29.8 Å². The van der Waals surface area contributed by atoms with E-state index in [4.69, 9.17) is 16.0 Å². The zero-order chi connectivity index (χ0) is 18.8. The standard InChI is InChI=1S/C15H14F3N7O/c1-26-14-13-12(8(16)6-25(13)24-15(19)22-14)7-2-3-9(23-20)10(4-7)21-5-11(17)18/h2-4,6,11,20-21H,5H2,1H3,(H2,19,24). The van der Waals surface area contributed by atoms with Gasteiger partial charge in [-0.05, 0) is 17.7 Å². The number of nitrogens with two attached hydrogens (primary N) is 1. The fraction of sp³-hybridized carbons (Fsp3) is 0.200. The largest absolute Gasteiger partial charge is 0.479 e. The van der Waals surface area contributed by atoms with Crippen molar-refractivity contribution in [2.24, 2.45) is 5.11 Å². The smallest absolute Gasteiger partial charge is 0.255 e. The molecule has 0 radical (unpaired) electrons. The molecule has 8 nitrogen and oxygen atoms in total. The molecule has 2 heterocycles. The van der Waals surface area contributed by atoms with E-state index in [0.29, 0.717) is 5.56 Å². The van der Waals surface area contributed by atoms with Gasteiger partial charge < -0.3 is 15.8 Å². The molecule has 11 heteroatoms. The summed E-state index contributed by atoms with van der Waals surface area (Å²) in [5, 5.41) is 9.68. The first kappa shape index (κ1) is 17.5. The number of nitrogens with one attached hydrogen (secondary N) is 2. The number of methoxy groups -OCH3 is 1. The van der Waals surface area contributed by atoms with E-state index in [9.17, 15) is 13.2 Å². The molecule has 0 bridgehead atoms. The third-order valence-corrected chi connectivity index (χ3v) is 3.62. The Labute approximate surface area is 145 Å². The predicted molar refractivity (Wildman–Crippen MR) is 88.6 cm³/mol. The number of hydrogen-bond donors (Lipinski definition) is 3. The second-order valence-electron chi connectivity index (χ2n) is 5.24. The summed E-state index contributed by atoms with van der Waals surface area (Å²) in [5.41, 5.74) is 13.7. The molecule has 0 unspecified atom stereocenters. The second-order valence-corrected chi connectivity index (χ2v) is 5.24. The molecule has 0 fully saturated rings. The number of hydrogen-bond acceptors (Lipinski definition) is 7. The molecule has 0 saturated carbocycles. The first-order chi connectivity index (χ1) is 12.4. The third-order valence-electron chi connectivity index (χ3n) is 3.62. The van der Waals surface area contributed by atoms with Crippen LogP contribution in [0.3, 0.4) is 0 Å². The number of benzene rings is 1. The Bertz CT molecular complexity index is 974. The maximum Gasteiger partial charge on any atom is 0.255 e. The minimum absolute atomic E-state index is 0.0627. The second kappa shape index (κ2) is 6.86. The summed E-state index contributed by atoms with van der Waals surface area (Å²) < 4.78 is 45.9. The van der Waals surface area contributed by atoms with Crippen molar-refractivity contribution >= 4 is 22.8 Å². The predicted octanol–water partition coefficient (Wildman–Crippen LogP) is 3.47. The van der Waals surface area contributed by atoms with E-state index in [1.54, 1.807) is 0 Å². The van der Waals surface area contributed by atoms with Crippen LogP contribution in [0.25, 0.3) is 16.6 Å². The first-order valence-electron chi connectivity index (χ1n) is 7.36. The lowest BCUT2D eigenvalue weighted by Gasteiger charge is -2.11. The molecule has 0 saturated heterocycles. The Morgan fingerprint density at radius 1 is 1.42 bits per heavy atom. The van der Waals surface area contributed by atoms with Crippen LogP contribution in [0.1, 0.15) is 0 Å². The van der Waals surface area contributed by atoms with Crippen molar-refractivity contribution in [1.29, 1.82) is 5.53 Å². The van der Waals surface area contributed by atoms with Crippen molar-refractivity contribution in [3.8, 4) is 17.0 Å². The molecule has 136 valence electrons. The molecular formula is C15H14F3N7O. The Balaban J connectivity index is 2.19. The molecule has 0 aliphatic carbocycles. The quantitative estimate of drug-likeness (QED) is 0.579. The molecule has 2 aromatic heterocycles. The summed E-state index contributed by atoms with van der Waals surface area (Å²) in [6.07, 6.45) is -1.49. The molecule has 0 aliphatic heterocycles. The maximum absolute atomic E-state index is 14.6. The maximum atomic E-state index is 14.6. The van der Waals surface area contributed by atoms with E-state index >= 15 is 0 Å². The van der Waals surface area contributed by atoms with Crippen LogP contribution >= 0.6 is 0 Å². The van der Waals surface area contributed by atoms with Gasteiger partial charge in [-0.15, -0.1) is 5.10 Å². The van der Waals surface area contributed by atoms with Crippen molar-refractivity contribution < 1.29 is 17.9 Å². The van der Waals surface area contributed by atoms with Gasteiger partial charge in [-0.2, -0.15) is 10.1 Å². The van der Waals surface area contributed by atoms with Gasteiger partial charge in [0.1, 0.15) is 11.2 Å². The van der Waals surface area contributed by atoms with Crippen molar-refractivity contribution in [3.05, 3.63) is 30.2 Å². The normalized spacial score (nSPS) is 11.1. The van der Waals surface area contributed by atoms with Crippen LogP contribution in [0.5, 0.6) is 5.88 Å². The van der Waals surface area contributed by atoms with Crippen LogP contribution in [-0.4, -0.2) is 34.7 Å². The summed E-state index contributed by atoms with van der Waals surface area (Å²) >= 11 is 0. The molecule has 3 aromatic rings. The Morgan fingerprint density at radius 3 is 2.85 bits per heavy atom. The lowest BCUT2D eigenvalue weighted by atomic mass is 10.1. The Morgan fingerprint density at radius 2 is 2.19 bits per heavy atom. The molecule has 4 N–H and O–H groups in total. The van der Waals surface area contributed by atoms with Gasteiger partial charge in [0.25, 0.3) is 6.43 Å². The third kappa shape index (κ3) is 3.10. The molecule has 0 atom stereocenters. The number of fused-ring (bicyclic) bond motifs is 1. The highest BCUT2D eigenvalue weighted by Gasteiger charge is 2.20. The monoisotopic (exact) mass is 365 g/mol. The van der Waals surface area contributed by atoms with Gasteiger partial charge in [0, 0.05) is 0 Å². The fourth-order valence-corrected chi connectivity index (χ4v) is 2.57. The zero-order valence-electron chi connectivity index (χ0n) is 13.5. The first-order valence-corrected chi connectivity index (χ1v) is 7.36. The number of nitrogen functional groups attached to an aromatic ring is 1. The SMILES string of the molecule is COc1nc(N)nn2cc(F)c(-c3ccc(N=N)c(NCC(F)F)c3)c12. The average Bonchev–Trinajstić information content (AvgIpc) is 2.94. The van der Waals surface area contributed by atoms with Gasteiger partial charge >= 0.3 is 0 Å². The fourth-order valence-electron chi connectivity index (χ4n) is 2.57. The van der Waals surface area contributed by atoms with Gasteiger partial charge in [-0.1, -0.05) is 6.07 Å². The number of rotatable bonds is 6. The summed E-state index contributed by atoms with van der Waals surface area (Å²) in [4.78, 5) is 3.93. The van der Waals surface area contributed by atoms with Crippen LogP contribution in [0.15, 0.2) is 29.5 Å². The van der Waals surface area contributed by atoms with Gasteiger partial charge in [0.2, 0.25) is 11.8 Å². The van der Waals surface area contributed by atoms with E-state index in [0.717, 1.165) is 6.20 Å². The summed E-state index contributed by atoms with van der Waals surface area (Å²) in [5.74, 6) is -0.662. The van der Waals surface area contributed by atoms with Gasteiger partial charge in [0.05, 0.1) is 31.1 Å². The van der Waals surface area contributed by atoms with E-state index in [1.807, 2.05) is 0 Å². The topological polar surface area (TPSA) is 114 Å². The number of nitrogens with zero attached hydrogens (tertiary/aromatic N) is 4. The van der Waals surface area contributed by atoms with E-state index < -0.39 is 18.8 Å². The number of anilines is 2. The molecule has 3 rings (SSSR count). The van der Waals surface area contributed by atoms with Crippen molar-refractivity contribution in [3.63, 3.8) is 0 Å². The summed E-state index contributed by atoms with van der Waals surface area (Å²) in [7, 11) is 1.36. The Hall–Kier alpha value is -3.37. The summed E-state index contributed by atoms with van der Waals surface area (Å²) in [6, 6.07) is 4.35. The molecule has 1 aromatic carbocycles. The molecular weight excluding hydrogens is 351 g/mol. The highest BCUT2D eigenvalue weighted by atomic mass is 19.3. The number of aromatic nitrogens is 3. The highest BCUT2D eigenvalue weighted by Crippen LogP contribution is 2.37. The van der Waals surface area contributed by atoms with Crippen LogP contribution in [0.4, 0.5) is 30.5 Å². The zero-order valence-corrected chi connectivity index (χ0v) is 13.5. The van der Waals surface area contributed by atoms with Crippen molar-refractivity contribution in [2.45, 2.75) is 6.43 Å². The van der Waals surface area contributed by atoms with Crippen LogP contribution in [0, 0.1) is 11.3 Å². The van der Waals surface area contributed by atoms with Crippen molar-refractivity contribution in [1.82, 2.24) is 14.6 Å². The minimum atomic E-state index is -2.60. The number of ether oxygens (including phenoxy) is 1. The number of halogens is 3. The van der Waals surface area contributed by atoms with Crippen LogP contribution < -0.4 is 15.8 Å². The molecule has 0 amide bonds. The Kier molecular flexibility index (Phi) is 4.61. The van der Waals surface area contributed by atoms with Gasteiger partial charge in [0.15, 0.2) is 5.82 Å². The number of alkyl halides is 2. The molecule has 26 heavy (non-hydrogen) atoms. The van der Waals surface area contributed by atoms with Crippen LogP contribution in [0.2, 0.25) is 0 Å². The van der Waals surface area contributed by atoms with Crippen LogP contribution in [-0.2, 0) is 0 Å². The lowest BCUT2D eigenvalue weighted by molar-refractivity contribution is 0.163. The summed E-state index contributed by atoms with van der Waals surface area (Å²) in [6.45, 7) is -0.631. The average molecular weight is 365 g/mol. The van der Waals surface area contributed by atoms with Gasteiger partial charge in [-0.3, -0.25) is 0 Å². The van der Waals surface area contributed by atoms with Gasteiger partial charge in [-0.25, -0.2) is 23.2 Å². The molecule has 0 spiro atoms. The van der Waals surface area contributed by atoms with Crippen molar-refractivity contribution in [2.75, 3.05) is 24.7 Å².